The second-order valence-electron chi connectivity index (χ2n) is 5.46. The lowest BCUT2D eigenvalue weighted by molar-refractivity contribution is -0.124. The minimum atomic E-state index is -0.488. The van der Waals surface area contributed by atoms with Gasteiger partial charge in [-0.05, 0) is 18.6 Å². The van der Waals surface area contributed by atoms with Crippen molar-refractivity contribution >= 4 is 46.5 Å². The maximum absolute atomic E-state index is 12.6. The molecule has 0 radical (unpaired) electrons. The SMILES string of the molecule is CCc1nc(CNC(=O)[C@H]2CSCN2C(=O)c2ccc(Cl)nc2)cs1. The summed E-state index contributed by atoms with van der Waals surface area (Å²) in [6.07, 6.45) is 2.32. The van der Waals surface area contributed by atoms with Crippen LogP contribution < -0.4 is 5.32 Å². The summed E-state index contributed by atoms with van der Waals surface area (Å²) in [5.41, 5.74) is 1.28. The van der Waals surface area contributed by atoms with Gasteiger partial charge in [0.15, 0.2) is 0 Å². The van der Waals surface area contributed by atoms with E-state index in [1.807, 2.05) is 12.3 Å². The molecule has 1 fully saturated rings. The predicted octanol–water partition coefficient (Wildman–Crippen LogP) is 2.59. The van der Waals surface area contributed by atoms with Crippen molar-refractivity contribution in [2.75, 3.05) is 11.6 Å². The second kappa shape index (κ2) is 8.16. The first kappa shape index (κ1) is 18.2. The highest BCUT2D eigenvalue weighted by Crippen LogP contribution is 2.23. The van der Waals surface area contributed by atoms with Gasteiger partial charge in [-0.15, -0.1) is 23.1 Å². The number of amides is 2. The Morgan fingerprint density at radius 2 is 2.28 bits per heavy atom. The van der Waals surface area contributed by atoms with Crippen LogP contribution in [0.4, 0.5) is 0 Å². The Balaban J connectivity index is 1.62. The van der Waals surface area contributed by atoms with E-state index in [1.54, 1.807) is 40.1 Å². The first-order chi connectivity index (χ1) is 12.1. The van der Waals surface area contributed by atoms with Gasteiger partial charge >= 0.3 is 0 Å². The highest BCUT2D eigenvalue weighted by molar-refractivity contribution is 7.99. The molecule has 3 heterocycles. The van der Waals surface area contributed by atoms with E-state index in [0.29, 0.717) is 28.9 Å². The van der Waals surface area contributed by atoms with Gasteiger partial charge in [-0.2, -0.15) is 0 Å². The highest BCUT2D eigenvalue weighted by atomic mass is 35.5. The lowest BCUT2D eigenvalue weighted by Gasteiger charge is -2.22. The summed E-state index contributed by atoms with van der Waals surface area (Å²) in [6, 6.07) is 2.70. The summed E-state index contributed by atoms with van der Waals surface area (Å²) >= 11 is 8.90. The third-order valence-electron chi connectivity index (χ3n) is 3.77. The third-order valence-corrected chi connectivity index (χ3v) is 6.04. The fourth-order valence-corrected chi connectivity index (χ4v) is 4.43. The number of thioether (sulfide) groups is 1. The number of aromatic nitrogens is 2. The number of pyridine rings is 1. The van der Waals surface area contributed by atoms with Crippen LogP contribution in [0.1, 0.15) is 28.0 Å². The number of halogens is 1. The van der Waals surface area contributed by atoms with E-state index in [1.165, 1.54) is 6.20 Å². The number of carbonyl (C=O) groups is 2. The van der Waals surface area contributed by atoms with Crippen LogP contribution in [0.25, 0.3) is 0 Å². The molecule has 25 heavy (non-hydrogen) atoms. The van der Waals surface area contributed by atoms with E-state index in [0.717, 1.165) is 17.1 Å². The summed E-state index contributed by atoms with van der Waals surface area (Å²) < 4.78 is 0. The lowest BCUT2D eigenvalue weighted by atomic mass is 10.2. The molecule has 2 aromatic rings. The fourth-order valence-electron chi connectivity index (χ4n) is 2.42. The van der Waals surface area contributed by atoms with Gasteiger partial charge in [0, 0.05) is 17.3 Å². The van der Waals surface area contributed by atoms with Gasteiger partial charge in [-0.25, -0.2) is 9.97 Å². The zero-order valence-corrected chi connectivity index (χ0v) is 16.0. The number of nitrogens with one attached hydrogen (secondary N) is 1. The molecular formula is C16H17ClN4O2S2. The zero-order valence-electron chi connectivity index (χ0n) is 13.6. The Kier molecular flexibility index (Phi) is 5.93. The largest absolute Gasteiger partial charge is 0.349 e. The molecule has 0 aromatic carbocycles. The van der Waals surface area contributed by atoms with Crippen LogP contribution in [0.3, 0.4) is 0 Å². The Morgan fingerprint density at radius 1 is 1.44 bits per heavy atom. The molecule has 0 spiro atoms. The molecule has 6 nitrogen and oxygen atoms in total. The Bertz CT molecular complexity index is 766. The van der Waals surface area contributed by atoms with E-state index in [-0.39, 0.29) is 11.8 Å². The second-order valence-corrected chi connectivity index (χ2v) is 7.79. The number of hydrogen-bond donors (Lipinski definition) is 1. The highest BCUT2D eigenvalue weighted by Gasteiger charge is 2.35. The van der Waals surface area contributed by atoms with Crippen LogP contribution >= 0.6 is 34.7 Å². The summed E-state index contributed by atoms with van der Waals surface area (Å²) in [4.78, 5) is 35.1. The third kappa shape index (κ3) is 4.31. The number of carbonyl (C=O) groups excluding carboxylic acids is 2. The average molecular weight is 397 g/mol. The summed E-state index contributed by atoms with van der Waals surface area (Å²) in [5, 5.41) is 6.21. The van der Waals surface area contributed by atoms with Crippen LogP contribution in [-0.4, -0.2) is 44.4 Å². The van der Waals surface area contributed by atoms with Gasteiger partial charge in [0.25, 0.3) is 5.91 Å². The Morgan fingerprint density at radius 3 is 2.96 bits per heavy atom. The Labute approximate surface area is 159 Å². The normalized spacial score (nSPS) is 16.9. The quantitative estimate of drug-likeness (QED) is 0.786. The molecular weight excluding hydrogens is 380 g/mol. The topological polar surface area (TPSA) is 75.2 Å². The van der Waals surface area contributed by atoms with Crippen molar-refractivity contribution in [3.05, 3.63) is 45.1 Å². The molecule has 0 bridgehead atoms. The van der Waals surface area contributed by atoms with Crippen molar-refractivity contribution in [1.29, 1.82) is 0 Å². The molecule has 132 valence electrons. The average Bonchev–Trinajstić information content (AvgIpc) is 3.29. The molecule has 2 aromatic heterocycles. The first-order valence-electron chi connectivity index (χ1n) is 7.79. The Hall–Kier alpha value is -1.64. The van der Waals surface area contributed by atoms with Crippen LogP contribution in [0, 0.1) is 0 Å². The predicted molar refractivity (Wildman–Crippen MR) is 99.9 cm³/mol. The van der Waals surface area contributed by atoms with Gasteiger partial charge in [-0.3, -0.25) is 9.59 Å². The van der Waals surface area contributed by atoms with Crippen LogP contribution in [-0.2, 0) is 17.8 Å². The van der Waals surface area contributed by atoms with Gasteiger partial charge < -0.3 is 10.2 Å². The molecule has 1 saturated heterocycles. The van der Waals surface area contributed by atoms with Crippen LogP contribution in [0.2, 0.25) is 5.15 Å². The molecule has 1 aliphatic rings. The molecule has 1 aliphatic heterocycles. The zero-order chi connectivity index (χ0) is 17.8. The molecule has 0 unspecified atom stereocenters. The molecule has 9 heteroatoms. The molecule has 2 amide bonds. The summed E-state index contributed by atoms with van der Waals surface area (Å²) in [5.74, 6) is 0.689. The van der Waals surface area contributed by atoms with Gasteiger partial charge in [0.05, 0.1) is 28.7 Å². The molecule has 3 rings (SSSR count). The first-order valence-corrected chi connectivity index (χ1v) is 10.2. The van der Waals surface area contributed by atoms with E-state index in [9.17, 15) is 9.59 Å². The molecule has 0 saturated carbocycles. The standard InChI is InChI=1S/C16H17ClN4O2S2/c1-2-14-20-11(7-25-14)6-19-15(22)12-8-24-9-21(12)16(23)10-3-4-13(17)18-5-10/h3-5,7,12H,2,6,8-9H2,1H3,(H,19,22)/t12-/m1/s1. The summed E-state index contributed by atoms with van der Waals surface area (Å²) in [7, 11) is 0. The minimum absolute atomic E-state index is 0.161. The van der Waals surface area contributed by atoms with Crippen molar-refractivity contribution < 1.29 is 9.59 Å². The number of nitrogens with zero attached hydrogens (tertiary/aromatic N) is 3. The molecule has 0 aliphatic carbocycles. The van der Waals surface area contributed by atoms with Crippen molar-refractivity contribution in [2.24, 2.45) is 0 Å². The van der Waals surface area contributed by atoms with Crippen molar-refractivity contribution in [2.45, 2.75) is 25.9 Å². The van der Waals surface area contributed by atoms with E-state index in [4.69, 9.17) is 11.6 Å². The van der Waals surface area contributed by atoms with E-state index >= 15 is 0 Å². The van der Waals surface area contributed by atoms with Gasteiger partial charge in [0.2, 0.25) is 5.91 Å². The minimum Gasteiger partial charge on any atom is -0.349 e. The monoisotopic (exact) mass is 396 g/mol. The van der Waals surface area contributed by atoms with E-state index in [2.05, 4.69) is 15.3 Å². The maximum Gasteiger partial charge on any atom is 0.256 e. The van der Waals surface area contributed by atoms with Crippen LogP contribution in [0.5, 0.6) is 0 Å². The number of thiazole rings is 1. The van der Waals surface area contributed by atoms with Crippen molar-refractivity contribution in [3.8, 4) is 0 Å². The van der Waals surface area contributed by atoms with Gasteiger partial charge in [-0.1, -0.05) is 18.5 Å². The fraction of sp³-hybridized carbons (Fsp3) is 0.375. The molecule has 1 atom stereocenters. The van der Waals surface area contributed by atoms with Crippen molar-refractivity contribution in [3.63, 3.8) is 0 Å². The van der Waals surface area contributed by atoms with Crippen molar-refractivity contribution in [1.82, 2.24) is 20.2 Å². The number of hydrogen-bond acceptors (Lipinski definition) is 6. The lowest BCUT2D eigenvalue weighted by Crippen LogP contribution is -2.47. The van der Waals surface area contributed by atoms with E-state index < -0.39 is 6.04 Å². The summed E-state index contributed by atoms with van der Waals surface area (Å²) in [6.45, 7) is 2.42. The molecule has 1 N–H and O–H groups in total. The maximum atomic E-state index is 12.6. The van der Waals surface area contributed by atoms with Crippen LogP contribution in [0.15, 0.2) is 23.7 Å². The number of rotatable bonds is 5. The smallest absolute Gasteiger partial charge is 0.256 e. The van der Waals surface area contributed by atoms with Gasteiger partial charge in [0.1, 0.15) is 11.2 Å². The number of aryl methyl sites for hydroxylation is 1.